The van der Waals surface area contributed by atoms with Crippen molar-refractivity contribution < 1.29 is 0 Å². The Morgan fingerprint density at radius 2 is 1.56 bits per heavy atom. The summed E-state index contributed by atoms with van der Waals surface area (Å²) in [4.78, 5) is 0. The van der Waals surface area contributed by atoms with Crippen LogP contribution in [0.2, 0.25) is 0 Å². The Morgan fingerprint density at radius 1 is 1.06 bits per heavy atom. The standard InChI is InChI=1S/C15H31N/c1-11(2)10-14(16)12-6-8-13(9-7-12)15(3,4)5/h11-14H,6-10,16H2,1-5H3. The van der Waals surface area contributed by atoms with Crippen molar-refractivity contribution in [2.45, 2.75) is 72.8 Å². The third-order valence-corrected chi connectivity index (χ3v) is 4.35. The maximum absolute atomic E-state index is 6.30. The summed E-state index contributed by atoms with van der Waals surface area (Å²) < 4.78 is 0. The smallest absolute Gasteiger partial charge is 0.00695 e. The number of nitrogens with two attached hydrogens (primary N) is 1. The van der Waals surface area contributed by atoms with Gasteiger partial charge in [0.15, 0.2) is 0 Å². The van der Waals surface area contributed by atoms with Gasteiger partial charge < -0.3 is 5.73 Å². The third kappa shape index (κ3) is 4.08. The minimum Gasteiger partial charge on any atom is -0.327 e. The van der Waals surface area contributed by atoms with Crippen LogP contribution in [0.4, 0.5) is 0 Å². The SMILES string of the molecule is CC(C)CC(N)C1CCC(C(C)(C)C)CC1. The molecule has 96 valence electrons. The predicted molar refractivity (Wildman–Crippen MR) is 72.3 cm³/mol. The molecular weight excluding hydrogens is 194 g/mol. The Morgan fingerprint density at radius 3 is 1.94 bits per heavy atom. The minimum absolute atomic E-state index is 0.445. The van der Waals surface area contributed by atoms with E-state index in [0.29, 0.717) is 11.5 Å². The lowest BCUT2D eigenvalue weighted by atomic mass is 9.68. The van der Waals surface area contributed by atoms with E-state index in [0.717, 1.165) is 17.8 Å². The molecule has 0 spiro atoms. The summed E-state index contributed by atoms with van der Waals surface area (Å²) in [6.07, 6.45) is 6.69. The fourth-order valence-corrected chi connectivity index (χ4v) is 3.15. The molecule has 0 bridgehead atoms. The molecule has 16 heavy (non-hydrogen) atoms. The first-order valence-corrected chi connectivity index (χ1v) is 7.06. The molecule has 0 heterocycles. The fourth-order valence-electron chi connectivity index (χ4n) is 3.15. The van der Waals surface area contributed by atoms with E-state index in [9.17, 15) is 0 Å². The van der Waals surface area contributed by atoms with Crippen molar-refractivity contribution in [3.63, 3.8) is 0 Å². The lowest BCUT2D eigenvalue weighted by Crippen LogP contribution is -2.36. The van der Waals surface area contributed by atoms with Gasteiger partial charge in [-0.25, -0.2) is 0 Å². The summed E-state index contributed by atoms with van der Waals surface area (Å²) in [7, 11) is 0. The lowest BCUT2D eigenvalue weighted by molar-refractivity contribution is 0.135. The topological polar surface area (TPSA) is 26.0 Å². The Balaban J connectivity index is 2.37. The molecule has 1 unspecified atom stereocenters. The van der Waals surface area contributed by atoms with Crippen molar-refractivity contribution in [2.24, 2.45) is 28.9 Å². The molecule has 0 aromatic heterocycles. The number of hydrogen-bond acceptors (Lipinski definition) is 1. The first-order valence-electron chi connectivity index (χ1n) is 7.06. The predicted octanol–water partition coefficient (Wildman–Crippen LogP) is 4.21. The Labute approximate surface area is 102 Å². The quantitative estimate of drug-likeness (QED) is 0.765. The van der Waals surface area contributed by atoms with Crippen LogP contribution < -0.4 is 5.73 Å². The van der Waals surface area contributed by atoms with Crippen molar-refractivity contribution in [1.29, 1.82) is 0 Å². The Kier molecular flexibility index (Phi) is 4.85. The highest BCUT2D eigenvalue weighted by Crippen LogP contribution is 2.40. The van der Waals surface area contributed by atoms with E-state index in [1.807, 2.05) is 0 Å². The van der Waals surface area contributed by atoms with Gasteiger partial charge in [-0.3, -0.25) is 0 Å². The van der Waals surface area contributed by atoms with Crippen LogP contribution in [0.5, 0.6) is 0 Å². The van der Waals surface area contributed by atoms with Crippen molar-refractivity contribution in [3.8, 4) is 0 Å². The second kappa shape index (κ2) is 5.53. The van der Waals surface area contributed by atoms with Crippen molar-refractivity contribution in [3.05, 3.63) is 0 Å². The van der Waals surface area contributed by atoms with Gasteiger partial charge in [0.05, 0.1) is 0 Å². The molecule has 1 nitrogen and oxygen atoms in total. The van der Waals surface area contributed by atoms with E-state index >= 15 is 0 Å². The molecular formula is C15H31N. The van der Waals surface area contributed by atoms with Gasteiger partial charge in [-0.2, -0.15) is 0 Å². The average Bonchev–Trinajstić information content (AvgIpc) is 2.15. The summed E-state index contributed by atoms with van der Waals surface area (Å²) >= 11 is 0. The molecule has 1 heteroatoms. The third-order valence-electron chi connectivity index (χ3n) is 4.35. The van der Waals surface area contributed by atoms with Crippen LogP contribution in [-0.2, 0) is 0 Å². The summed E-state index contributed by atoms with van der Waals surface area (Å²) in [6, 6.07) is 0.445. The highest BCUT2D eigenvalue weighted by atomic mass is 14.7. The highest BCUT2D eigenvalue weighted by molar-refractivity contribution is 4.84. The van der Waals surface area contributed by atoms with Crippen LogP contribution in [0, 0.1) is 23.2 Å². The molecule has 0 aliphatic heterocycles. The van der Waals surface area contributed by atoms with Crippen LogP contribution in [0.25, 0.3) is 0 Å². The van der Waals surface area contributed by atoms with E-state index in [1.165, 1.54) is 32.1 Å². The summed E-state index contributed by atoms with van der Waals surface area (Å²) in [5, 5.41) is 0. The van der Waals surface area contributed by atoms with Crippen molar-refractivity contribution >= 4 is 0 Å². The van der Waals surface area contributed by atoms with Gasteiger partial charge in [-0.1, -0.05) is 34.6 Å². The van der Waals surface area contributed by atoms with Crippen LogP contribution in [0.15, 0.2) is 0 Å². The van der Waals surface area contributed by atoms with E-state index in [2.05, 4.69) is 34.6 Å². The van der Waals surface area contributed by atoms with Gasteiger partial charge in [0.25, 0.3) is 0 Å². The number of rotatable bonds is 3. The van der Waals surface area contributed by atoms with Crippen LogP contribution >= 0.6 is 0 Å². The molecule has 0 amide bonds. The monoisotopic (exact) mass is 225 g/mol. The van der Waals surface area contributed by atoms with Gasteiger partial charge in [0.2, 0.25) is 0 Å². The number of hydrogen-bond donors (Lipinski definition) is 1. The molecule has 1 atom stereocenters. The second-order valence-electron chi connectivity index (χ2n) is 7.27. The maximum Gasteiger partial charge on any atom is 0.00695 e. The van der Waals surface area contributed by atoms with Gasteiger partial charge in [-0.15, -0.1) is 0 Å². The molecule has 0 aromatic rings. The van der Waals surface area contributed by atoms with Crippen molar-refractivity contribution in [2.75, 3.05) is 0 Å². The molecule has 0 radical (unpaired) electrons. The van der Waals surface area contributed by atoms with E-state index in [1.54, 1.807) is 0 Å². The van der Waals surface area contributed by atoms with E-state index in [-0.39, 0.29) is 0 Å². The fraction of sp³-hybridized carbons (Fsp3) is 1.00. The van der Waals surface area contributed by atoms with Crippen molar-refractivity contribution in [1.82, 2.24) is 0 Å². The molecule has 1 rings (SSSR count). The van der Waals surface area contributed by atoms with Crippen LogP contribution in [0.1, 0.15) is 66.7 Å². The zero-order valence-corrected chi connectivity index (χ0v) is 11.9. The molecule has 1 aliphatic carbocycles. The van der Waals surface area contributed by atoms with Crippen LogP contribution in [0.3, 0.4) is 0 Å². The molecule has 2 N–H and O–H groups in total. The molecule has 0 aromatic carbocycles. The van der Waals surface area contributed by atoms with Gasteiger partial charge in [-0.05, 0) is 55.3 Å². The zero-order valence-electron chi connectivity index (χ0n) is 11.9. The molecule has 1 fully saturated rings. The normalized spacial score (nSPS) is 29.4. The molecule has 1 aliphatic rings. The van der Waals surface area contributed by atoms with E-state index < -0.39 is 0 Å². The van der Waals surface area contributed by atoms with Gasteiger partial charge in [0, 0.05) is 6.04 Å². The summed E-state index contributed by atoms with van der Waals surface area (Å²) in [6.45, 7) is 11.7. The highest BCUT2D eigenvalue weighted by Gasteiger charge is 2.31. The summed E-state index contributed by atoms with van der Waals surface area (Å²) in [5.41, 5.74) is 6.80. The Bertz CT molecular complexity index is 194. The van der Waals surface area contributed by atoms with Gasteiger partial charge in [0.1, 0.15) is 0 Å². The summed E-state index contributed by atoms with van der Waals surface area (Å²) in [5.74, 6) is 2.45. The average molecular weight is 225 g/mol. The second-order valence-corrected chi connectivity index (χ2v) is 7.27. The van der Waals surface area contributed by atoms with Crippen LogP contribution in [-0.4, -0.2) is 6.04 Å². The minimum atomic E-state index is 0.445. The zero-order chi connectivity index (χ0) is 12.3. The van der Waals surface area contributed by atoms with E-state index in [4.69, 9.17) is 5.73 Å². The Hall–Kier alpha value is -0.0400. The van der Waals surface area contributed by atoms with Gasteiger partial charge >= 0.3 is 0 Å². The maximum atomic E-state index is 6.30. The lowest BCUT2D eigenvalue weighted by Gasteiger charge is -2.39. The molecule has 1 saturated carbocycles. The first kappa shape index (κ1) is 14.0. The first-order chi connectivity index (χ1) is 7.30. The molecule has 0 saturated heterocycles. The largest absolute Gasteiger partial charge is 0.327 e.